The highest BCUT2D eigenvalue weighted by molar-refractivity contribution is 5.71. The summed E-state index contributed by atoms with van der Waals surface area (Å²) < 4.78 is 0. The minimum atomic E-state index is 0.363. The molecule has 3 N–H and O–H groups in total. The van der Waals surface area contributed by atoms with E-state index in [0.29, 0.717) is 18.2 Å². The lowest BCUT2D eigenvalue weighted by molar-refractivity contribution is 0.640. The molecule has 2 rings (SSSR count). The third-order valence-corrected chi connectivity index (χ3v) is 2.69. The minimum absolute atomic E-state index is 0.363. The Bertz CT molecular complexity index is 485. The molecule has 1 atom stereocenters. The maximum absolute atomic E-state index is 5.57. The second kappa shape index (κ2) is 5.54. The quantitative estimate of drug-likeness (QED) is 0.816. The Morgan fingerprint density at radius 1 is 1.29 bits per heavy atom. The van der Waals surface area contributed by atoms with Gasteiger partial charge in [-0.1, -0.05) is 6.92 Å². The standard InChI is InChI=1S/C12H17N5/c1-2-9(5-6-13)16-11-4-3-10-12(17-11)15-8-7-14-10/h3-4,7-9H,2,5-6,13H2,1H3,(H,15,16,17). The minimum Gasteiger partial charge on any atom is -0.367 e. The first-order valence-corrected chi connectivity index (χ1v) is 5.88. The zero-order valence-electron chi connectivity index (χ0n) is 9.93. The van der Waals surface area contributed by atoms with E-state index in [0.717, 1.165) is 24.2 Å². The first kappa shape index (κ1) is 11.7. The predicted octanol–water partition coefficient (Wildman–Crippen LogP) is 1.56. The van der Waals surface area contributed by atoms with Gasteiger partial charge in [-0.15, -0.1) is 0 Å². The summed E-state index contributed by atoms with van der Waals surface area (Å²) in [6.07, 6.45) is 5.28. The highest BCUT2D eigenvalue weighted by atomic mass is 15.0. The van der Waals surface area contributed by atoms with E-state index in [4.69, 9.17) is 5.73 Å². The van der Waals surface area contributed by atoms with Crippen molar-refractivity contribution in [3.8, 4) is 0 Å². The summed E-state index contributed by atoms with van der Waals surface area (Å²) in [4.78, 5) is 12.8. The Hall–Kier alpha value is -1.75. The van der Waals surface area contributed by atoms with E-state index in [-0.39, 0.29) is 0 Å². The summed E-state index contributed by atoms with van der Waals surface area (Å²) in [6, 6.07) is 4.21. The van der Waals surface area contributed by atoms with E-state index in [1.807, 2.05) is 12.1 Å². The first-order valence-electron chi connectivity index (χ1n) is 5.88. The second-order valence-corrected chi connectivity index (χ2v) is 3.92. The van der Waals surface area contributed by atoms with Gasteiger partial charge in [0, 0.05) is 18.4 Å². The second-order valence-electron chi connectivity index (χ2n) is 3.92. The number of anilines is 1. The molecule has 0 radical (unpaired) electrons. The fourth-order valence-electron chi connectivity index (χ4n) is 1.72. The summed E-state index contributed by atoms with van der Waals surface area (Å²) in [6.45, 7) is 2.81. The lowest BCUT2D eigenvalue weighted by atomic mass is 10.1. The number of nitrogens with zero attached hydrogens (tertiary/aromatic N) is 3. The molecule has 0 spiro atoms. The van der Waals surface area contributed by atoms with Crippen LogP contribution in [0.25, 0.3) is 11.2 Å². The summed E-state index contributed by atoms with van der Waals surface area (Å²) in [5, 5.41) is 3.36. The average Bonchev–Trinajstić information content (AvgIpc) is 2.38. The molecule has 0 bridgehead atoms. The summed E-state index contributed by atoms with van der Waals surface area (Å²) >= 11 is 0. The fraction of sp³-hybridized carbons (Fsp3) is 0.417. The molecule has 2 aromatic rings. The lowest BCUT2D eigenvalue weighted by Gasteiger charge is -2.16. The maximum atomic E-state index is 5.57. The SMILES string of the molecule is CCC(CCN)Nc1ccc2nccnc2n1. The number of fused-ring (bicyclic) bond motifs is 1. The van der Waals surface area contributed by atoms with Crippen LogP contribution in [0.2, 0.25) is 0 Å². The van der Waals surface area contributed by atoms with Gasteiger partial charge in [-0.2, -0.15) is 0 Å². The largest absolute Gasteiger partial charge is 0.367 e. The number of nitrogens with one attached hydrogen (secondary N) is 1. The number of rotatable bonds is 5. The van der Waals surface area contributed by atoms with Crippen molar-refractivity contribution in [3.05, 3.63) is 24.5 Å². The lowest BCUT2D eigenvalue weighted by Crippen LogP contribution is -2.22. The molecule has 5 nitrogen and oxygen atoms in total. The van der Waals surface area contributed by atoms with Crippen LogP contribution < -0.4 is 11.1 Å². The van der Waals surface area contributed by atoms with E-state index in [9.17, 15) is 0 Å². The highest BCUT2D eigenvalue weighted by Gasteiger charge is 2.06. The van der Waals surface area contributed by atoms with Gasteiger partial charge in [-0.05, 0) is 31.5 Å². The molecule has 0 amide bonds. The van der Waals surface area contributed by atoms with E-state index >= 15 is 0 Å². The summed E-state index contributed by atoms with van der Waals surface area (Å²) in [7, 11) is 0. The van der Waals surface area contributed by atoms with Crippen molar-refractivity contribution >= 4 is 17.0 Å². The third kappa shape index (κ3) is 2.88. The zero-order chi connectivity index (χ0) is 12.1. The van der Waals surface area contributed by atoms with Crippen molar-refractivity contribution in [2.75, 3.05) is 11.9 Å². The third-order valence-electron chi connectivity index (χ3n) is 2.69. The van der Waals surface area contributed by atoms with Crippen LogP contribution in [0.4, 0.5) is 5.82 Å². The van der Waals surface area contributed by atoms with Gasteiger partial charge in [-0.3, -0.25) is 4.98 Å². The van der Waals surface area contributed by atoms with Gasteiger partial charge >= 0.3 is 0 Å². The summed E-state index contributed by atoms with van der Waals surface area (Å²) in [5.41, 5.74) is 7.04. The van der Waals surface area contributed by atoms with E-state index in [1.165, 1.54) is 0 Å². The van der Waals surface area contributed by atoms with Crippen LogP contribution in [0.5, 0.6) is 0 Å². The maximum Gasteiger partial charge on any atom is 0.180 e. The molecule has 0 aliphatic carbocycles. The molecule has 0 saturated heterocycles. The van der Waals surface area contributed by atoms with Crippen molar-refractivity contribution in [2.24, 2.45) is 5.73 Å². The average molecular weight is 231 g/mol. The topological polar surface area (TPSA) is 76.7 Å². The van der Waals surface area contributed by atoms with Crippen molar-refractivity contribution in [3.63, 3.8) is 0 Å². The van der Waals surface area contributed by atoms with Crippen molar-refractivity contribution in [1.82, 2.24) is 15.0 Å². The number of hydrogen-bond acceptors (Lipinski definition) is 5. The molecule has 2 heterocycles. The van der Waals surface area contributed by atoms with Crippen LogP contribution in [0.1, 0.15) is 19.8 Å². The Kier molecular flexibility index (Phi) is 3.82. The van der Waals surface area contributed by atoms with E-state index in [1.54, 1.807) is 12.4 Å². The number of hydrogen-bond donors (Lipinski definition) is 2. The van der Waals surface area contributed by atoms with Crippen LogP contribution in [0.15, 0.2) is 24.5 Å². The Morgan fingerprint density at radius 2 is 2.12 bits per heavy atom. The van der Waals surface area contributed by atoms with Crippen LogP contribution in [-0.2, 0) is 0 Å². The number of aromatic nitrogens is 3. The summed E-state index contributed by atoms with van der Waals surface area (Å²) in [5.74, 6) is 0.832. The highest BCUT2D eigenvalue weighted by Crippen LogP contribution is 2.12. The van der Waals surface area contributed by atoms with Crippen molar-refractivity contribution < 1.29 is 0 Å². The molecule has 0 saturated carbocycles. The van der Waals surface area contributed by atoms with Gasteiger partial charge in [0.15, 0.2) is 5.65 Å². The molecule has 0 aliphatic rings. The van der Waals surface area contributed by atoms with E-state index < -0.39 is 0 Å². The molecule has 0 aromatic carbocycles. The van der Waals surface area contributed by atoms with Gasteiger partial charge in [0.25, 0.3) is 0 Å². The van der Waals surface area contributed by atoms with Gasteiger partial charge in [0.1, 0.15) is 11.3 Å². The van der Waals surface area contributed by atoms with Crippen LogP contribution in [0.3, 0.4) is 0 Å². The van der Waals surface area contributed by atoms with Gasteiger partial charge in [-0.25, -0.2) is 9.97 Å². The predicted molar refractivity (Wildman–Crippen MR) is 68.7 cm³/mol. The number of pyridine rings is 1. The normalized spacial score (nSPS) is 12.6. The monoisotopic (exact) mass is 231 g/mol. The Morgan fingerprint density at radius 3 is 2.88 bits per heavy atom. The Labute approximate surface area is 100 Å². The molecular weight excluding hydrogens is 214 g/mol. The van der Waals surface area contributed by atoms with E-state index in [2.05, 4.69) is 27.2 Å². The number of nitrogens with two attached hydrogens (primary N) is 1. The molecule has 2 aromatic heterocycles. The molecular formula is C12H17N5. The zero-order valence-corrected chi connectivity index (χ0v) is 9.93. The smallest absolute Gasteiger partial charge is 0.180 e. The molecule has 1 unspecified atom stereocenters. The van der Waals surface area contributed by atoms with Crippen LogP contribution >= 0.6 is 0 Å². The van der Waals surface area contributed by atoms with Crippen molar-refractivity contribution in [1.29, 1.82) is 0 Å². The van der Waals surface area contributed by atoms with Crippen molar-refractivity contribution in [2.45, 2.75) is 25.8 Å². The van der Waals surface area contributed by atoms with Crippen LogP contribution in [-0.4, -0.2) is 27.5 Å². The molecule has 90 valence electrons. The Balaban J connectivity index is 2.18. The fourth-order valence-corrected chi connectivity index (χ4v) is 1.72. The van der Waals surface area contributed by atoms with Gasteiger partial charge in [0.2, 0.25) is 0 Å². The van der Waals surface area contributed by atoms with Gasteiger partial charge < -0.3 is 11.1 Å². The molecule has 0 fully saturated rings. The van der Waals surface area contributed by atoms with Crippen LogP contribution in [0, 0.1) is 0 Å². The first-order chi connectivity index (χ1) is 8.33. The molecule has 0 aliphatic heterocycles. The van der Waals surface area contributed by atoms with Gasteiger partial charge in [0.05, 0.1) is 0 Å². The molecule has 5 heteroatoms. The molecule has 17 heavy (non-hydrogen) atoms.